The first-order valence-corrected chi connectivity index (χ1v) is 7.98. The van der Waals surface area contributed by atoms with Crippen LogP contribution in [0.15, 0.2) is 22.7 Å². The summed E-state index contributed by atoms with van der Waals surface area (Å²) >= 11 is 0. The van der Waals surface area contributed by atoms with Crippen LogP contribution in [0.25, 0.3) is 11.3 Å². The number of halogens is 1. The Balaban J connectivity index is 2.37. The van der Waals surface area contributed by atoms with Crippen LogP contribution < -0.4 is 20.7 Å². The number of nitrogens with zero attached hydrogens (tertiary/aromatic N) is 2. The minimum atomic E-state index is -0.494. The summed E-state index contributed by atoms with van der Waals surface area (Å²) in [5, 5.41) is 6.81. The molecule has 0 bridgehead atoms. The van der Waals surface area contributed by atoms with Gasteiger partial charge in [-0.1, -0.05) is 5.16 Å². The number of nitrogens with one attached hydrogen (secondary N) is 1. The van der Waals surface area contributed by atoms with Crippen molar-refractivity contribution >= 4 is 11.7 Å². The average molecular weight is 350 g/mol. The standard InChI is InChI=1S/C17H23FN4O3/c1-22(2)16-14(17(23)20-9-5-4-8-19)15(25-21-16)11-6-7-12(18)13(10-11)24-3/h6-7,10H,4-5,8-9,19H2,1-3H3,(H,20,23). The molecule has 0 aliphatic heterocycles. The van der Waals surface area contributed by atoms with E-state index < -0.39 is 5.82 Å². The van der Waals surface area contributed by atoms with E-state index in [1.165, 1.54) is 25.3 Å². The van der Waals surface area contributed by atoms with Crippen LogP contribution >= 0.6 is 0 Å². The molecule has 0 spiro atoms. The van der Waals surface area contributed by atoms with Gasteiger partial charge in [0.05, 0.1) is 7.11 Å². The fourth-order valence-corrected chi connectivity index (χ4v) is 2.35. The number of unbranched alkanes of at least 4 members (excludes halogenated alkanes) is 1. The van der Waals surface area contributed by atoms with Gasteiger partial charge in [-0.15, -0.1) is 0 Å². The molecular formula is C17H23FN4O3. The highest BCUT2D eigenvalue weighted by Gasteiger charge is 2.25. The summed E-state index contributed by atoms with van der Waals surface area (Å²) < 4.78 is 24.0. The lowest BCUT2D eigenvalue weighted by Crippen LogP contribution is -2.27. The molecule has 0 atom stereocenters. The zero-order valence-corrected chi connectivity index (χ0v) is 14.6. The van der Waals surface area contributed by atoms with Crippen molar-refractivity contribution in [2.45, 2.75) is 12.8 Å². The second-order valence-corrected chi connectivity index (χ2v) is 5.71. The minimum absolute atomic E-state index is 0.0645. The van der Waals surface area contributed by atoms with Gasteiger partial charge in [-0.25, -0.2) is 4.39 Å². The third-order valence-corrected chi connectivity index (χ3v) is 3.65. The lowest BCUT2D eigenvalue weighted by atomic mass is 10.1. The van der Waals surface area contributed by atoms with Crippen molar-refractivity contribution < 1.29 is 18.4 Å². The van der Waals surface area contributed by atoms with Crippen molar-refractivity contribution in [1.82, 2.24) is 10.5 Å². The minimum Gasteiger partial charge on any atom is -0.494 e. The largest absolute Gasteiger partial charge is 0.494 e. The second-order valence-electron chi connectivity index (χ2n) is 5.71. The molecule has 2 rings (SSSR count). The molecule has 0 aliphatic carbocycles. The smallest absolute Gasteiger partial charge is 0.259 e. The van der Waals surface area contributed by atoms with Crippen LogP contribution in [0, 0.1) is 5.82 Å². The molecule has 0 saturated heterocycles. The third kappa shape index (κ3) is 4.27. The number of ether oxygens (including phenoxy) is 1. The van der Waals surface area contributed by atoms with Crippen molar-refractivity contribution in [1.29, 1.82) is 0 Å². The van der Waals surface area contributed by atoms with E-state index in [0.29, 0.717) is 30.0 Å². The third-order valence-electron chi connectivity index (χ3n) is 3.65. The predicted molar refractivity (Wildman–Crippen MR) is 93.4 cm³/mol. The van der Waals surface area contributed by atoms with Gasteiger partial charge in [0.25, 0.3) is 5.91 Å². The van der Waals surface area contributed by atoms with Crippen molar-refractivity contribution in [3.8, 4) is 17.1 Å². The zero-order chi connectivity index (χ0) is 18.4. The first kappa shape index (κ1) is 18.7. The Hall–Kier alpha value is -2.61. The fourth-order valence-electron chi connectivity index (χ4n) is 2.35. The molecule has 3 N–H and O–H groups in total. The van der Waals surface area contributed by atoms with E-state index in [1.807, 2.05) is 0 Å². The number of amides is 1. The predicted octanol–water partition coefficient (Wildman–Crippen LogP) is 2.02. The van der Waals surface area contributed by atoms with E-state index in [0.717, 1.165) is 12.8 Å². The highest BCUT2D eigenvalue weighted by atomic mass is 19.1. The summed E-state index contributed by atoms with van der Waals surface area (Å²) in [6.07, 6.45) is 1.61. The first-order chi connectivity index (χ1) is 12.0. The van der Waals surface area contributed by atoms with E-state index in [1.54, 1.807) is 19.0 Å². The van der Waals surface area contributed by atoms with Gasteiger partial charge in [0.2, 0.25) is 0 Å². The van der Waals surface area contributed by atoms with Crippen LogP contribution in [0.5, 0.6) is 5.75 Å². The molecule has 0 unspecified atom stereocenters. The Morgan fingerprint density at radius 3 is 2.80 bits per heavy atom. The molecule has 1 amide bonds. The summed E-state index contributed by atoms with van der Waals surface area (Å²) in [6.45, 7) is 1.08. The van der Waals surface area contributed by atoms with E-state index in [9.17, 15) is 9.18 Å². The quantitative estimate of drug-likeness (QED) is 0.708. The summed E-state index contributed by atoms with van der Waals surface area (Å²) in [4.78, 5) is 14.3. The van der Waals surface area contributed by atoms with Gasteiger partial charge in [0, 0.05) is 26.2 Å². The second kappa shape index (κ2) is 8.48. The monoisotopic (exact) mass is 350 g/mol. The van der Waals surface area contributed by atoms with Crippen LogP contribution in [0.3, 0.4) is 0 Å². The van der Waals surface area contributed by atoms with Gasteiger partial charge in [0.1, 0.15) is 5.56 Å². The van der Waals surface area contributed by atoms with Crippen LogP contribution in [0.4, 0.5) is 10.2 Å². The Bertz CT molecular complexity index is 731. The topological polar surface area (TPSA) is 93.6 Å². The fraction of sp³-hybridized carbons (Fsp3) is 0.412. The lowest BCUT2D eigenvalue weighted by molar-refractivity contribution is 0.0953. The van der Waals surface area contributed by atoms with Crippen LogP contribution in [-0.4, -0.2) is 45.4 Å². The number of rotatable bonds is 8. The number of benzene rings is 1. The number of carbonyl (C=O) groups is 1. The lowest BCUT2D eigenvalue weighted by Gasteiger charge is -2.11. The molecule has 1 aromatic heterocycles. The molecule has 2 aromatic rings. The number of nitrogens with two attached hydrogens (primary N) is 1. The van der Waals surface area contributed by atoms with E-state index in [4.69, 9.17) is 15.0 Å². The maximum atomic E-state index is 13.6. The molecular weight excluding hydrogens is 327 g/mol. The van der Waals surface area contributed by atoms with Crippen molar-refractivity contribution in [3.05, 3.63) is 29.6 Å². The molecule has 0 radical (unpaired) electrons. The Kier molecular flexibility index (Phi) is 6.35. The Morgan fingerprint density at radius 2 is 2.16 bits per heavy atom. The summed E-state index contributed by atoms with van der Waals surface area (Å²) in [5.41, 5.74) is 6.26. The molecule has 7 nitrogen and oxygen atoms in total. The molecule has 0 fully saturated rings. The van der Waals surface area contributed by atoms with Crippen LogP contribution in [0.1, 0.15) is 23.2 Å². The number of hydrogen-bond acceptors (Lipinski definition) is 6. The number of aromatic nitrogens is 1. The van der Waals surface area contributed by atoms with Gasteiger partial charge in [-0.05, 0) is 37.6 Å². The summed E-state index contributed by atoms with van der Waals surface area (Å²) in [6, 6.07) is 4.25. The van der Waals surface area contributed by atoms with Gasteiger partial charge in [-0.3, -0.25) is 4.79 Å². The highest BCUT2D eigenvalue weighted by molar-refractivity contribution is 6.04. The summed E-state index contributed by atoms with van der Waals surface area (Å²) in [7, 11) is 4.90. The van der Waals surface area contributed by atoms with Crippen molar-refractivity contribution in [3.63, 3.8) is 0 Å². The molecule has 0 saturated carbocycles. The Labute approximate surface area is 145 Å². The SMILES string of the molecule is COc1cc(-c2onc(N(C)C)c2C(=O)NCCCCN)ccc1F. The highest BCUT2D eigenvalue weighted by Crippen LogP contribution is 2.33. The van der Waals surface area contributed by atoms with Gasteiger partial charge in [-0.2, -0.15) is 0 Å². The van der Waals surface area contributed by atoms with Gasteiger partial charge in [0.15, 0.2) is 23.1 Å². The number of anilines is 1. The maximum absolute atomic E-state index is 13.6. The molecule has 1 aromatic carbocycles. The number of carbonyl (C=O) groups excluding carboxylic acids is 1. The zero-order valence-electron chi connectivity index (χ0n) is 14.6. The van der Waals surface area contributed by atoms with E-state index in [2.05, 4.69) is 10.5 Å². The van der Waals surface area contributed by atoms with Gasteiger partial charge < -0.3 is 25.2 Å². The molecule has 1 heterocycles. The number of methoxy groups -OCH3 is 1. The normalized spacial score (nSPS) is 10.6. The molecule has 25 heavy (non-hydrogen) atoms. The maximum Gasteiger partial charge on any atom is 0.259 e. The van der Waals surface area contributed by atoms with Crippen molar-refractivity contribution in [2.24, 2.45) is 5.73 Å². The van der Waals surface area contributed by atoms with Crippen LogP contribution in [-0.2, 0) is 0 Å². The Morgan fingerprint density at radius 1 is 1.40 bits per heavy atom. The number of hydrogen-bond donors (Lipinski definition) is 2. The van der Waals surface area contributed by atoms with Gasteiger partial charge >= 0.3 is 0 Å². The average Bonchev–Trinajstić information content (AvgIpc) is 3.04. The van der Waals surface area contributed by atoms with E-state index in [-0.39, 0.29) is 17.4 Å². The molecule has 136 valence electrons. The van der Waals surface area contributed by atoms with E-state index >= 15 is 0 Å². The summed E-state index contributed by atoms with van der Waals surface area (Å²) in [5.74, 6) is -0.0748. The van der Waals surface area contributed by atoms with Crippen LogP contribution in [0.2, 0.25) is 0 Å². The first-order valence-electron chi connectivity index (χ1n) is 7.98. The molecule has 0 aliphatic rings. The van der Waals surface area contributed by atoms with Crippen molar-refractivity contribution in [2.75, 3.05) is 39.2 Å². The molecule has 8 heteroatoms.